The normalized spacial score (nSPS) is 16.2. The van der Waals surface area contributed by atoms with Crippen molar-refractivity contribution >= 4 is 28.5 Å². The van der Waals surface area contributed by atoms with E-state index in [1.165, 1.54) is 12.7 Å². The predicted octanol–water partition coefficient (Wildman–Crippen LogP) is 3.67. The second-order valence-electron chi connectivity index (χ2n) is 9.63. The van der Waals surface area contributed by atoms with Gasteiger partial charge < -0.3 is 24.4 Å². The molecule has 192 valence electrons. The summed E-state index contributed by atoms with van der Waals surface area (Å²) >= 11 is 0. The maximum absolute atomic E-state index is 13.8. The molecule has 4 rings (SSSR count). The molecule has 8 nitrogen and oxygen atoms in total. The van der Waals surface area contributed by atoms with Crippen molar-refractivity contribution in [2.45, 2.75) is 32.7 Å². The number of carbonyl (C=O) groups excluding carboxylic acids is 2. The van der Waals surface area contributed by atoms with Crippen molar-refractivity contribution < 1.29 is 14.3 Å². The highest BCUT2D eigenvalue weighted by atomic mass is 16.5. The molecule has 2 aromatic carbocycles. The minimum Gasteiger partial charge on any atom is -0.375 e. The van der Waals surface area contributed by atoms with Gasteiger partial charge in [0.1, 0.15) is 6.61 Å². The number of hydrogen-bond acceptors (Lipinski definition) is 5. The molecule has 1 aliphatic heterocycles. The van der Waals surface area contributed by atoms with E-state index in [0.717, 1.165) is 44.4 Å². The molecule has 36 heavy (non-hydrogen) atoms. The van der Waals surface area contributed by atoms with Gasteiger partial charge in [-0.05, 0) is 56.0 Å². The van der Waals surface area contributed by atoms with Crippen molar-refractivity contribution in [3.8, 4) is 0 Å². The highest BCUT2D eigenvalue weighted by molar-refractivity contribution is 6.07. The average Bonchev–Trinajstić information content (AvgIpc) is 3.30. The number of amides is 2. The highest BCUT2D eigenvalue weighted by Crippen LogP contribution is 2.26. The van der Waals surface area contributed by atoms with Crippen LogP contribution in [-0.4, -0.2) is 78.1 Å². The van der Waals surface area contributed by atoms with Crippen LogP contribution in [0.2, 0.25) is 0 Å². The molecule has 1 N–H and O–H groups in total. The molecule has 0 aliphatic carbocycles. The number of carbonyl (C=O) groups is 2. The van der Waals surface area contributed by atoms with Crippen molar-refractivity contribution in [3.05, 3.63) is 59.9 Å². The number of piperidine rings is 1. The number of aromatic nitrogens is 2. The van der Waals surface area contributed by atoms with Gasteiger partial charge in [0, 0.05) is 39.5 Å². The fourth-order valence-corrected chi connectivity index (χ4v) is 5.10. The average molecular weight is 492 g/mol. The van der Waals surface area contributed by atoms with Crippen LogP contribution >= 0.6 is 0 Å². The number of aryl methyl sites for hydroxylation is 2. The highest BCUT2D eigenvalue weighted by Gasteiger charge is 2.25. The molecule has 2 amide bonds. The van der Waals surface area contributed by atoms with E-state index in [-0.39, 0.29) is 18.4 Å². The maximum Gasteiger partial charge on any atom is 0.255 e. The Kier molecular flexibility index (Phi) is 8.72. The van der Waals surface area contributed by atoms with Gasteiger partial charge in [0.2, 0.25) is 5.91 Å². The molecular weight excluding hydrogens is 454 g/mol. The van der Waals surface area contributed by atoms with E-state index in [1.54, 1.807) is 12.4 Å². The number of nitrogens with zero attached hydrogens (tertiary/aromatic N) is 4. The Labute approximate surface area is 213 Å². The largest absolute Gasteiger partial charge is 0.375 e. The fraction of sp³-hybridized carbons (Fsp3) is 0.464. The van der Waals surface area contributed by atoms with E-state index >= 15 is 0 Å². The van der Waals surface area contributed by atoms with Crippen LogP contribution in [-0.2, 0) is 22.5 Å². The second kappa shape index (κ2) is 12.1. The lowest BCUT2D eigenvalue weighted by atomic mass is 9.97. The third-order valence-electron chi connectivity index (χ3n) is 6.92. The summed E-state index contributed by atoms with van der Waals surface area (Å²) in [4.78, 5) is 34.9. The molecule has 0 bridgehead atoms. The second-order valence-corrected chi connectivity index (χ2v) is 9.63. The lowest BCUT2D eigenvalue weighted by molar-refractivity contribution is -0.119. The first-order valence-electron chi connectivity index (χ1n) is 12.8. The Hall–Kier alpha value is -3.23. The summed E-state index contributed by atoms with van der Waals surface area (Å²) in [6.45, 7) is 6.73. The summed E-state index contributed by atoms with van der Waals surface area (Å²) < 4.78 is 6.99. The van der Waals surface area contributed by atoms with Gasteiger partial charge in [-0.15, -0.1) is 0 Å². The van der Waals surface area contributed by atoms with Gasteiger partial charge >= 0.3 is 0 Å². The van der Waals surface area contributed by atoms with Crippen molar-refractivity contribution in [2.24, 2.45) is 5.92 Å². The summed E-state index contributed by atoms with van der Waals surface area (Å²) in [5, 5.41) is 2.84. The molecule has 1 aromatic heterocycles. The van der Waals surface area contributed by atoms with Crippen LogP contribution in [0.25, 0.3) is 11.0 Å². The van der Waals surface area contributed by atoms with E-state index in [0.29, 0.717) is 35.8 Å². The van der Waals surface area contributed by atoms with Crippen LogP contribution in [0.1, 0.15) is 35.7 Å². The Bertz CT molecular complexity index is 1180. The molecule has 0 saturated carbocycles. The van der Waals surface area contributed by atoms with E-state index < -0.39 is 0 Å². The van der Waals surface area contributed by atoms with E-state index in [9.17, 15) is 9.59 Å². The number of hydrogen-bond donors (Lipinski definition) is 1. The van der Waals surface area contributed by atoms with Crippen molar-refractivity contribution in [2.75, 3.05) is 52.3 Å². The first-order valence-corrected chi connectivity index (χ1v) is 12.8. The molecule has 8 heteroatoms. The number of likely N-dealkylation sites (tertiary alicyclic amines) is 1. The van der Waals surface area contributed by atoms with Crippen LogP contribution < -0.4 is 5.32 Å². The number of nitrogens with one attached hydrogen (secondary N) is 1. The lowest BCUT2D eigenvalue weighted by Crippen LogP contribution is -2.41. The smallest absolute Gasteiger partial charge is 0.255 e. The van der Waals surface area contributed by atoms with Gasteiger partial charge in [-0.2, -0.15) is 0 Å². The first kappa shape index (κ1) is 25.9. The van der Waals surface area contributed by atoms with Gasteiger partial charge in [-0.3, -0.25) is 9.59 Å². The fourth-order valence-electron chi connectivity index (χ4n) is 5.10. The summed E-state index contributed by atoms with van der Waals surface area (Å²) in [5.41, 5.74) is 3.81. The van der Waals surface area contributed by atoms with Gasteiger partial charge in [-0.25, -0.2) is 4.98 Å². The Morgan fingerprint density at radius 1 is 1.22 bits per heavy atom. The molecule has 0 radical (unpaired) electrons. The summed E-state index contributed by atoms with van der Waals surface area (Å²) in [5.74, 6) is 0.127. The zero-order chi connectivity index (χ0) is 25.5. The summed E-state index contributed by atoms with van der Waals surface area (Å²) in [6, 6.07) is 13.9. The standard InChI is InChI=1S/C28H37N5O3/c1-4-32-13-8-11-22(18-32)17-31(2)28(35)24-15-23(30-26(34)19-36-3)16-25-27(24)33(20-29-25)14-12-21-9-6-5-7-10-21/h5-7,9-10,15-16,20,22H,4,8,11-14,17-19H2,1-3H3,(H,30,34). The lowest BCUT2D eigenvalue weighted by Gasteiger charge is -2.34. The summed E-state index contributed by atoms with van der Waals surface area (Å²) in [7, 11) is 3.35. The van der Waals surface area contributed by atoms with Crippen LogP contribution in [0.4, 0.5) is 5.69 Å². The number of methoxy groups -OCH3 is 1. The number of imidazole rings is 1. The molecule has 1 aliphatic rings. The molecule has 1 saturated heterocycles. The zero-order valence-corrected chi connectivity index (χ0v) is 21.6. The molecular formula is C28H37N5O3. The van der Waals surface area contributed by atoms with Crippen LogP contribution in [0.5, 0.6) is 0 Å². The summed E-state index contributed by atoms with van der Waals surface area (Å²) in [6.07, 6.45) is 4.91. The third kappa shape index (κ3) is 6.30. The number of rotatable bonds is 10. The van der Waals surface area contributed by atoms with Gasteiger partial charge in [0.05, 0.1) is 22.9 Å². The van der Waals surface area contributed by atoms with Gasteiger partial charge in [0.25, 0.3) is 5.91 Å². The topological polar surface area (TPSA) is 79.7 Å². The first-order chi connectivity index (χ1) is 17.5. The minimum absolute atomic E-state index is 0.0532. The van der Waals surface area contributed by atoms with E-state index in [4.69, 9.17) is 4.74 Å². The van der Waals surface area contributed by atoms with Crippen molar-refractivity contribution in [3.63, 3.8) is 0 Å². The SMILES string of the molecule is CCN1CCCC(CN(C)C(=O)c2cc(NC(=O)COC)cc3ncn(CCc4ccccc4)c23)C1. The number of ether oxygens (including phenoxy) is 1. The van der Waals surface area contributed by atoms with Gasteiger partial charge in [-0.1, -0.05) is 37.3 Å². The van der Waals surface area contributed by atoms with Crippen LogP contribution in [0, 0.1) is 5.92 Å². The van der Waals surface area contributed by atoms with E-state index in [2.05, 4.69) is 34.3 Å². The number of benzene rings is 2. The van der Waals surface area contributed by atoms with Crippen LogP contribution in [0.15, 0.2) is 48.8 Å². The zero-order valence-electron chi connectivity index (χ0n) is 21.6. The maximum atomic E-state index is 13.8. The third-order valence-corrected chi connectivity index (χ3v) is 6.92. The molecule has 1 unspecified atom stereocenters. The Morgan fingerprint density at radius 2 is 2.03 bits per heavy atom. The van der Waals surface area contributed by atoms with Crippen molar-refractivity contribution in [1.29, 1.82) is 0 Å². The van der Waals surface area contributed by atoms with Crippen LogP contribution in [0.3, 0.4) is 0 Å². The molecule has 0 spiro atoms. The molecule has 1 fully saturated rings. The Morgan fingerprint density at radius 3 is 2.78 bits per heavy atom. The quantitative estimate of drug-likeness (QED) is 0.468. The Balaban J connectivity index is 1.62. The molecule has 1 atom stereocenters. The predicted molar refractivity (Wildman–Crippen MR) is 142 cm³/mol. The number of fused-ring (bicyclic) bond motifs is 1. The van der Waals surface area contributed by atoms with Crippen molar-refractivity contribution in [1.82, 2.24) is 19.4 Å². The monoisotopic (exact) mass is 491 g/mol. The molecule has 2 heterocycles. The number of anilines is 1. The van der Waals surface area contributed by atoms with Gasteiger partial charge in [0.15, 0.2) is 0 Å². The minimum atomic E-state index is -0.269. The molecule has 3 aromatic rings. The van der Waals surface area contributed by atoms with E-state index in [1.807, 2.05) is 40.8 Å².